The number of aromatic nitrogens is 4. The molecule has 2 rings (SSSR count). The lowest BCUT2D eigenvalue weighted by Gasteiger charge is -2.15. The smallest absolute Gasteiger partial charge is 0.264 e. The molecule has 0 atom stereocenters. The number of aliphatic hydroxyl groups excluding tert-OH is 1. The Hall–Kier alpha value is -1.73. The maximum Gasteiger partial charge on any atom is 0.264 e. The molecule has 2 aromatic rings. The predicted octanol–water partition coefficient (Wildman–Crippen LogP) is -1.49. The summed E-state index contributed by atoms with van der Waals surface area (Å²) in [6.07, 6.45) is 3.10. The summed E-state index contributed by atoms with van der Waals surface area (Å²) in [6.45, 7) is 8.28. The summed E-state index contributed by atoms with van der Waals surface area (Å²) in [6, 6.07) is 0. The highest BCUT2D eigenvalue weighted by Gasteiger charge is 2.11. The monoisotopic (exact) mass is 280 g/mol. The minimum absolute atomic E-state index is 0.0210. The number of nitrogens with one attached hydrogen (secondary N) is 1. The first-order valence-electron chi connectivity index (χ1n) is 7.06. The van der Waals surface area contributed by atoms with Crippen molar-refractivity contribution in [1.29, 1.82) is 0 Å². The largest absolute Gasteiger partial charge is 0.394 e. The maximum absolute atomic E-state index is 12.3. The van der Waals surface area contributed by atoms with E-state index in [2.05, 4.69) is 23.9 Å². The summed E-state index contributed by atoms with van der Waals surface area (Å²) in [7, 11) is 0. The second-order valence-electron chi connectivity index (χ2n) is 4.78. The van der Waals surface area contributed by atoms with Crippen LogP contribution in [0.15, 0.2) is 17.3 Å². The molecule has 7 nitrogen and oxygen atoms in total. The van der Waals surface area contributed by atoms with E-state index >= 15 is 0 Å². The van der Waals surface area contributed by atoms with Gasteiger partial charge in [-0.2, -0.15) is 5.10 Å². The fourth-order valence-electron chi connectivity index (χ4n) is 2.30. The number of likely N-dealkylation sites (N-methyl/N-ethyl adjacent to an activating group) is 1. The van der Waals surface area contributed by atoms with Crippen LogP contribution < -0.4 is 10.5 Å². The van der Waals surface area contributed by atoms with Crippen LogP contribution in [0.1, 0.15) is 13.8 Å². The molecule has 0 saturated heterocycles. The molecule has 0 aliphatic carbocycles. The molecular weight excluding hydrogens is 258 g/mol. The van der Waals surface area contributed by atoms with E-state index in [9.17, 15) is 4.79 Å². The topological polar surface area (TPSA) is 77.4 Å². The van der Waals surface area contributed by atoms with Crippen LogP contribution in [-0.2, 0) is 13.1 Å². The third kappa shape index (κ3) is 2.88. The lowest BCUT2D eigenvalue weighted by Crippen LogP contribution is -3.11. The molecule has 2 N–H and O–H groups in total. The Labute approximate surface area is 117 Å². The molecule has 0 saturated carbocycles. The van der Waals surface area contributed by atoms with Gasteiger partial charge < -0.3 is 10.0 Å². The minimum atomic E-state index is -0.0641. The molecule has 7 heteroatoms. The summed E-state index contributed by atoms with van der Waals surface area (Å²) >= 11 is 0. The van der Waals surface area contributed by atoms with Crippen molar-refractivity contribution in [3.8, 4) is 0 Å². The fraction of sp³-hybridized carbons (Fsp3) is 0.615. The van der Waals surface area contributed by atoms with Gasteiger partial charge >= 0.3 is 0 Å². The average molecular weight is 280 g/mol. The summed E-state index contributed by atoms with van der Waals surface area (Å²) in [5.74, 6) is 0. The van der Waals surface area contributed by atoms with Crippen LogP contribution in [0, 0.1) is 0 Å². The second-order valence-corrected chi connectivity index (χ2v) is 4.78. The molecule has 20 heavy (non-hydrogen) atoms. The summed E-state index contributed by atoms with van der Waals surface area (Å²) < 4.78 is 3.19. The molecule has 0 bridgehead atoms. The summed E-state index contributed by atoms with van der Waals surface area (Å²) in [4.78, 5) is 18.1. The number of fused-ring (bicyclic) bond motifs is 1. The maximum atomic E-state index is 12.3. The van der Waals surface area contributed by atoms with Gasteiger partial charge in [-0.25, -0.2) is 9.67 Å². The number of rotatable bonds is 7. The van der Waals surface area contributed by atoms with Gasteiger partial charge in [0.2, 0.25) is 0 Å². The van der Waals surface area contributed by atoms with Crippen molar-refractivity contribution < 1.29 is 10.0 Å². The first kappa shape index (κ1) is 14.7. The number of nitrogens with zero attached hydrogens (tertiary/aromatic N) is 4. The third-order valence-electron chi connectivity index (χ3n) is 3.64. The number of quaternary nitrogens is 1. The van der Waals surface area contributed by atoms with E-state index in [0.717, 1.165) is 19.6 Å². The SMILES string of the molecule is CC[NH+](CC)CCn1cnc2c(cnn2CCO)c1=O. The highest BCUT2D eigenvalue weighted by atomic mass is 16.3. The van der Waals surface area contributed by atoms with Crippen LogP contribution in [0.2, 0.25) is 0 Å². The molecule has 0 amide bonds. The molecule has 0 aliphatic heterocycles. The highest BCUT2D eigenvalue weighted by Crippen LogP contribution is 2.04. The van der Waals surface area contributed by atoms with E-state index in [-0.39, 0.29) is 12.2 Å². The first-order valence-corrected chi connectivity index (χ1v) is 7.06. The van der Waals surface area contributed by atoms with E-state index in [1.54, 1.807) is 15.6 Å². The molecular formula is C13H22N5O2+. The highest BCUT2D eigenvalue weighted by molar-refractivity contribution is 5.72. The van der Waals surface area contributed by atoms with Gasteiger partial charge in [0, 0.05) is 0 Å². The zero-order chi connectivity index (χ0) is 14.5. The van der Waals surface area contributed by atoms with Gasteiger partial charge in [0.15, 0.2) is 5.65 Å². The van der Waals surface area contributed by atoms with Gasteiger partial charge in [-0.3, -0.25) is 9.36 Å². The lowest BCUT2D eigenvalue weighted by molar-refractivity contribution is -0.897. The Bertz CT molecular complexity index is 615. The van der Waals surface area contributed by atoms with E-state index in [1.165, 1.54) is 11.1 Å². The Morgan fingerprint density at radius 3 is 2.70 bits per heavy atom. The second kappa shape index (κ2) is 6.62. The van der Waals surface area contributed by atoms with Crippen LogP contribution in [0.5, 0.6) is 0 Å². The van der Waals surface area contributed by atoms with Crippen LogP contribution in [0.4, 0.5) is 0 Å². The van der Waals surface area contributed by atoms with Crippen LogP contribution in [0.25, 0.3) is 11.0 Å². The molecule has 0 aromatic carbocycles. The van der Waals surface area contributed by atoms with Crippen molar-refractivity contribution in [2.24, 2.45) is 0 Å². The fourth-order valence-corrected chi connectivity index (χ4v) is 2.30. The summed E-state index contributed by atoms with van der Waals surface area (Å²) in [5.41, 5.74) is 0.473. The zero-order valence-corrected chi connectivity index (χ0v) is 12.0. The Morgan fingerprint density at radius 1 is 1.30 bits per heavy atom. The molecule has 0 unspecified atom stereocenters. The average Bonchev–Trinajstić information content (AvgIpc) is 2.86. The van der Waals surface area contributed by atoms with Crippen LogP contribution >= 0.6 is 0 Å². The van der Waals surface area contributed by atoms with E-state index < -0.39 is 0 Å². The molecule has 0 fully saturated rings. The van der Waals surface area contributed by atoms with Gasteiger partial charge in [0.1, 0.15) is 11.7 Å². The van der Waals surface area contributed by atoms with Crippen LogP contribution in [0.3, 0.4) is 0 Å². The Kier molecular flexibility index (Phi) is 4.86. The predicted molar refractivity (Wildman–Crippen MR) is 75.8 cm³/mol. The number of hydrogen-bond donors (Lipinski definition) is 2. The quantitative estimate of drug-likeness (QED) is 0.648. The van der Waals surface area contributed by atoms with E-state index in [1.807, 2.05) is 0 Å². The Morgan fingerprint density at radius 2 is 2.05 bits per heavy atom. The van der Waals surface area contributed by atoms with Crippen molar-refractivity contribution in [2.45, 2.75) is 26.9 Å². The first-order chi connectivity index (χ1) is 9.71. The number of aliphatic hydroxyl groups is 1. The van der Waals surface area contributed by atoms with Crippen LogP contribution in [-0.4, -0.2) is 50.7 Å². The Balaban J connectivity index is 2.24. The van der Waals surface area contributed by atoms with Gasteiger partial charge in [-0.15, -0.1) is 0 Å². The van der Waals surface area contributed by atoms with E-state index in [0.29, 0.717) is 24.1 Å². The van der Waals surface area contributed by atoms with Crippen molar-refractivity contribution >= 4 is 11.0 Å². The third-order valence-corrected chi connectivity index (χ3v) is 3.64. The van der Waals surface area contributed by atoms with Crippen molar-refractivity contribution in [3.63, 3.8) is 0 Å². The molecule has 2 aromatic heterocycles. The standard InChI is InChI=1S/C13H21N5O2/c1-3-16(4-2)5-6-17-10-14-12-11(13(17)20)9-15-18(12)7-8-19/h9-10,19H,3-8H2,1-2H3/p+1. The molecule has 0 spiro atoms. The van der Waals surface area contributed by atoms with Gasteiger partial charge in [0.05, 0.1) is 45.5 Å². The molecule has 0 aliphatic rings. The number of hydrogen-bond acceptors (Lipinski definition) is 4. The van der Waals surface area contributed by atoms with Gasteiger partial charge in [-0.05, 0) is 13.8 Å². The minimum Gasteiger partial charge on any atom is -0.394 e. The summed E-state index contributed by atoms with van der Waals surface area (Å²) in [5, 5.41) is 13.5. The van der Waals surface area contributed by atoms with E-state index in [4.69, 9.17) is 5.11 Å². The van der Waals surface area contributed by atoms with Gasteiger partial charge in [0.25, 0.3) is 5.56 Å². The van der Waals surface area contributed by atoms with Crippen molar-refractivity contribution in [3.05, 3.63) is 22.9 Å². The molecule has 2 heterocycles. The van der Waals surface area contributed by atoms with Gasteiger partial charge in [-0.1, -0.05) is 0 Å². The van der Waals surface area contributed by atoms with Crippen molar-refractivity contribution in [2.75, 3.05) is 26.2 Å². The molecule has 0 radical (unpaired) electrons. The zero-order valence-electron chi connectivity index (χ0n) is 12.0. The lowest BCUT2D eigenvalue weighted by atomic mass is 10.4. The normalized spacial score (nSPS) is 11.6. The molecule has 110 valence electrons. The van der Waals surface area contributed by atoms with Crippen molar-refractivity contribution in [1.82, 2.24) is 19.3 Å².